The van der Waals surface area contributed by atoms with Crippen LogP contribution >= 0.6 is 29.1 Å². The average Bonchev–Trinajstić information content (AvgIpc) is 2.38. The van der Waals surface area contributed by atoms with E-state index in [0.717, 1.165) is 16.3 Å². The smallest absolute Gasteiger partial charge is 0.300 e. The lowest BCUT2D eigenvalue weighted by Gasteiger charge is -2.26. The Kier molecular flexibility index (Phi) is 11.9. The minimum atomic E-state index is -2.28. The molecule has 0 fully saturated rings. The molecular weight excluding hydrogens is 367 g/mol. The maximum absolute atomic E-state index is 5.71. The lowest BCUT2D eigenvalue weighted by molar-refractivity contribution is -0.110. The van der Waals surface area contributed by atoms with Crippen LogP contribution in [0.15, 0.2) is 24.3 Å². The van der Waals surface area contributed by atoms with Gasteiger partial charge in [0.15, 0.2) is 0 Å². The summed E-state index contributed by atoms with van der Waals surface area (Å²) in [5.41, 5.74) is 4.19. The second-order valence-electron chi connectivity index (χ2n) is 3.60. The molecule has 21 heavy (non-hydrogen) atoms. The van der Waals surface area contributed by atoms with Gasteiger partial charge in [-0.3, -0.25) is 11.1 Å². The van der Waals surface area contributed by atoms with Crippen LogP contribution in [0, 0.1) is 0 Å². The molecule has 0 radical (unpaired) electrons. The zero-order valence-corrected chi connectivity index (χ0v) is 16.1. The Morgan fingerprint density at radius 1 is 1.33 bits per heavy atom. The molecule has 0 aromatic heterocycles. The molecule has 0 heterocycles. The molecule has 0 saturated heterocycles. The Labute approximate surface area is 146 Å². The fraction of sp³-hybridized carbons (Fsp3) is 0.417. The van der Waals surface area contributed by atoms with Crippen molar-refractivity contribution in [3.8, 4) is 0 Å². The van der Waals surface area contributed by atoms with Crippen molar-refractivity contribution in [1.82, 2.24) is 0 Å². The largest absolute Gasteiger partial charge is 0.691 e. The molecule has 9 heteroatoms. The average molecular weight is 387 g/mol. The van der Waals surface area contributed by atoms with Gasteiger partial charge in [0.05, 0.1) is 5.69 Å². The fourth-order valence-electron chi connectivity index (χ4n) is 1.10. The van der Waals surface area contributed by atoms with Crippen LogP contribution < -0.4 is 11.1 Å². The van der Waals surface area contributed by atoms with Crippen molar-refractivity contribution < 1.29 is 14.5 Å². The first kappa shape index (κ1) is 21.2. The van der Waals surface area contributed by atoms with Crippen LogP contribution in [0.2, 0.25) is 5.02 Å². The van der Waals surface area contributed by atoms with Gasteiger partial charge in [-0.2, -0.15) is 0 Å². The van der Waals surface area contributed by atoms with Gasteiger partial charge in [-0.15, -0.1) is 0 Å². The monoisotopic (exact) mass is 386 g/mol. The Morgan fingerprint density at radius 3 is 2.19 bits per heavy atom. The maximum atomic E-state index is 5.71. The molecular formula is C12H20ClN2O2PS3. The molecule has 0 amide bonds. The van der Waals surface area contributed by atoms with Gasteiger partial charge in [-0.1, -0.05) is 35.5 Å². The molecule has 4 N–H and O–H groups in total. The van der Waals surface area contributed by atoms with E-state index in [9.17, 15) is 0 Å². The topological polar surface area (TPSA) is 70.1 Å². The molecule has 0 unspecified atom stereocenters. The van der Waals surface area contributed by atoms with Crippen LogP contribution in [0.5, 0.6) is 0 Å². The molecule has 1 rings (SSSR count). The number of hydrogen-bond acceptors (Lipinski definition) is 5. The normalized spacial score (nSPS) is 10.7. The van der Waals surface area contributed by atoms with Crippen LogP contribution in [0.1, 0.15) is 19.4 Å². The number of halogens is 1. The summed E-state index contributed by atoms with van der Waals surface area (Å²) >= 11 is 16.8. The number of benzene rings is 1. The fourth-order valence-corrected chi connectivity index (χ4v) is 3.72. The van der Waals surface area contributed by atoms with Gasteiger partial charge in [0.1, 0.15) is 0 Å². The van der Waals surface area contributed by atoms with Gasteiger partial charge in [0.25, 0.3) is 5.17 Å². The zero-order chi connectivity index (χ0) is 16.3. The molecule has 1 aromatic rings. The molecule has 0 bridgehead atoms. The number of amidine groups is 1. The van der Waals surface area contributed by atoms with Gasteiger partial charge in [-0.05, 0) is 43.3 Å². The summed E-state index contributed by atoms with van der Waals surface area (Å²) in [5, 5.41) is 6.44. The molecule has 0 aliphatic rings. The molecule has 0 saturated carbocycles. The third kappa shape index (κ3) is 12.5. The van der Waals surface area contributed by atoms with E-state index in [-0.39, 0.29) is 0 Å². The molecule has 120 valence electrons. The summed E-state index contributed by atoms with van der Waals surface area (Å²) in [7, 11) is 0. The van der Waals surface area contributed by atoms with E-state index in [1.54, 1.807) is 0 Å². The van der Waals surface area contributed by atoms with E-state index in [0.29, 0.717) is 18.4 Å². The Balaban J connectivity index is 0.000000400. The standard InChI is InChI=1S/C8H9ClN2S.C4H11O2PS2/c9-7-3-1-6(2-4-7)5-12-8(10)11;1-3-5-7(8,9)6-4-2/h1-4H,5H2,(H3,10,11);3-4H2,1-2H3,(H,8,9). The Bertz CT molecular complexity index is 464. The third-order valence-electron chi connectivity index (χ3n) is 1.89. The van der Waals surface area contributed by atoms with Crippen LogP contribution in [-0.2, 0) is 38.9 Å². The first-order chi connectivity index (χ1) is 9.80. The van der Waals surface area contributed by atoms with Crippen molar-refractivity contribution in [3.05, 3.63) is 34.9 Å². The number of nitrogens with two attached hydrogens (primary N) is 2. The van der Waals surface area contributed by atoms with Gasteiger partial charge in [0, 0.05) is 24.0 Å². The summed E-state index contributed by atoms with van der Waals surface area (Å²) in [4.78, 5) is 0. The minimum absolute atomic E-state index is 0.393. The predicted molar refractivity (Wildman–Crippen MR) is 98.8 cm³/mol. The van der Waals surface area contributed by atoms with Gasteiger partial charge >= 0.3 is 0 Å². The third-order valence-corrected chi connectivity index (χ3v) is 5.37. The van der Waals surface area contributed by atoms with E-state index in [1.807, 2.05) is 38.1 Å². The highest BCUT2D eigenvalue weighted by atomic mass is 35.5. The lowest BCUT2D eigenvalue weighted by Crippen LogP contribution is -2.43. The van der Waals surface area contributed by atoms with Gasteiger partial charge in [0.2, 0.25) is 0 Å². The zero-order valence-electron chi connectivity index (χ0n) is 12.0. The molecule has 1 aromatic carbocycles. The first-order valence-corrected chi connectivity index (χ1v) is 11.2. The van der Waals surface area contributed by atoms with Crippen LogP contribution in [0.25, 0.3) is 0 Å². The van der Waals surface area contributed by atoms with Crippen molar-refractivity contribution in [1.29, 1.82) is 0 Å². The first-order valence-electron chi connectivity index (χ1n) is 6.16. The lowest BCUT2D eigenvalue weighted by atomic mass is 10.2. The highest BCUT2D eigenvalue weighted by Gasteiger charge is 1.98. The van der Waals surface area contributed by atoms with Crippen molar-refractivity contribution >= 4 is 58.3 Å². The Hall–Kier alpha value is 0.250. The van der Waals surface area contributed by atoms with E-state index < -0.39 is 5.69 Å². The van der Waals surface area contributed by atoms with E-state index >= 15 is 0 Å². The van der Waals surface area contributed by atoms with Crippen LogP contribution in [0.3, 0.4) is 0 Å². The van der Waals surface area contributed by atoms with Crippen molar-refractivity contribution in [2.75, 3.05) is 13.2 Å². The SMILES string of the molecule is CCOP(=S)([S-])OCC.NC(=[NH2+])SCc1ccc(Cl)cc1. The summed E-state index contributed by atoms with van der Waals surface area (Å²) in [6, 6.07) is 7.62. The second-order valence-corrected chi connectivity index (χ2v) is 10.1. The number of rotatable bonds is 6. The van der Waals surface area contributed by atoms with Crippen molar-refractivity contribution in [3.63, 3.8) is 0 Å². The molecule has 0 aliphatic heterocycles. The van der Waals surface area contributed by atoms with E-state index in [4.69, 9.17) is 55.8 Å². The highest BCUT2D eigenvalue weighted by Crippen LogP contribution is 2.45. The van der Waals surface area contributed by atoms with Gasteiger partial charge < -0.3 is 21.3 Å². The van der Waals surface area contributed by atoms with Crippen molar-refractivity contribution in [2.24, 2.45) is 5.73 Å². The summed E-state index contributed by atoms with van der Waals surface area (Å²) in [6.07, 6.45) is 0. The van der Waals surface area contributed by atoms with E-state index in [1.165, 1.54) is 11.8 Å². The van der Waals surface area contributed by atoms with Gasteiger partial charge in [-0.25, -0.2) is 0 Å². The van der Waals surface area contributed by atoms with E-state index in [2.05, 4.69) is 0 Å². The van der Waals surface area contributed by atoms with Crippen LogP contribution in [-0.4, -0.2) is 18.4 Å². The number of thioether (sulfide) groups is 1. The molecule has 0 aliphatic carbocycles. The molecule has 0 atom stereocenters. The summed E-state index contributed by atoms with van der Waals surface area (Å²) < 4.78 is 9.98. The Morgan fingerprint density at radius 2 is 1.81 bits per heavy atom. The second kappa shape index (κ2) is 11.8. The van der Waals surface area contributed by atoms with Crippen LogP contribution in [0.4, 0.5) is 0 Å². The van der Waals surface area contributed by atoms with Crippen molar-refractivity contribution in [2.45, 2.75) is 19.6 Å². The summed E-state index contributed by atoms with van der Waals surface area (Å²) in [6.45, 7) is 4.79. The quantitative estimate of drug-likeness (QED) is 0.339. The summed E-state index contributed by atoms with van der Waals surface area (Å²) in [5.74, 6) is 0.791. The molecule has 0 spiro atoms. The highest BCUT2D eigenvalue weighted by molar-refractivity contribution is 8.51. The number of hydrogen-bond donors (Lipinski definition) is 2. The molecule has 4 nitrogen and oxygen atoms in total. The minimum Gasteiger partial charge on any atom is -0.691 e. The maximum Gasteiger partial charge on any atom is 0.300 e. The predicted octanol–water partition coefficient (Wildman–Crippen LogP) is 2.48.